The normalized spacial score (nSPS) is 9.85. The number of hydrogen-bond donors (Lipinski definition) is 1. The van der Waals surface area contributed by atoms with Crippen LogP contribution >= 0.6 is 0 Å². The molecule has 0 unspecified atom stereocenters. The zero-order chi connectivity index (χ0) is 15.0. The molecule has 1 amide bonds. The maximum atomic E-state index is 12.3. The Balaban J connectivity index is 2.90. The van der Waals surface area contributed by atoms with Gasteiger partial charge in [0, 0.05) is 26.3 Å². The number of hydrogen-bond acceptors (Lipinski definition) is 5. The number of nitriles is 1. The quantitative estimate of drug-likeness (QED) is 0.815. The molecule has 6 nitrogen and oxygen atoms in total. The van der Waals surface area contributed by atoms with E-state index in [2.05, 4.69) is 0 Å². The highest BCUT2D eigenvalue weighted by molar-refractivity contribution is 5.97. The van der Waals surface area contributed by atoms with Gasteiger partial charge in [-0.2, -0.15) is 5.26 Å². The Morgan fingerprint density at radius 1 is 1.40 bits per heavy atom. The van der Waals surface area contributed by atoms with E-state index in [-0.39, 0.29) is 23.6 Å². The van der Waals surface area contributed by atoms with Gasteiger partial charge in [-0.1, -0.05) is 0 Å². The van der Waals surface area contributed by atoms with Gasteiger partial charge >= 0.3 is 0 Å². The van der Waals surface area contributed by atoms with E-state index < -0.39 is 0 Å². The number of benzene rings is 1. The van der Waals surface area contributed by atoms with Crippen molar-refractivity contribution in [3.05, 3.63) is 23.8 Å². The second-order valence-corrected chi connectivity index (χ2v) is 4.08. The molecule has 6 heteroatoms. The third kappa shape index (κ3) is 4.14. The fourth-order valence-electron chi connectivity index (χ4n) is 1.69. The second-order valence-electron chi connectivity index (χ2n) is 4.08. The summed E-state index contributed by atoms with van der Waals surface area (Å²) in [7, 11) is 3.02. The molecule has 1 aromatic carbocycles. The molecule has 0 aliphatic rings. The lowest BCUT2D eigenvalue weighted by Gasteiger charge is -2.21. The van der Waals surface area contributed by atoms with Crippen LogP contribution in [-0.2, 0) is 4.74 Å². The highest BCUT2D eigenvalue weighted by Gasteiger charge is 2.19. The Labute approximate surface area is 118 Å². The molecule has 1 aromatic rings. The van der Waals surface area contributed by atoms with Crippen molar-refractivity contribution in [3.8, 4) is 17.6 Å². The summed E-state index contributed by atoms with van der Waals surface area (Å²) in [6.45, 7) is 1.03. The molecule has 0 heterocycles. The molecule has 1 N–H and O–H groups in total. The first-order chi connectivity index (χ1) is 9.63. The average molecular weight is 278 g/mol. The SMILES string of the molecule is COCCN(CCC#N)C(=O)c1ccc(OC)cc1O. The molecule has 0 aromatic heterocycles. The van der Waals surface area contributed by atoms with Gasteiger partial charge in [0.25, 0.3) is 5.91 Å². The monoisotopic (exact) mass is 278 g/mol. The van der Waals surface area contributed by atoms with E-state index in [9.17, 15) is 9.90 Å². The summed E-state index contributed by atoms with van der Waals surface area (Å²) in [5.74, 6) is -0.00862. The highest BCUT2D eigenvalue weighted by Crippen LogP contribution is 2.24. The number of phenolic OH excluding ortho intramolecular Hbond substituents is 1. The fourth-order valence-corrected chi connectivity index (χ4v) is 1.69. The van der Waals surface area contributed by atoms with Crippen molar-refractivity contribution in [3.63, 3.8) is 0 Å². The van der Waals surface area contributed by atoms with Crippen molar-refractivity contribution < 1.29 is 19.4 Å². The molecule has 1 rings (SSSR count). The predicted molar refractivity (Wildman–Crippen MR) is 72.7 cm³/mol. The van der Waals surface area contributed by atoms with Crippen LogP contribution in [0, 0.1) is 11.3 Å². The molecule has 20 heavy (non-hydrogen) atoms. The topological polar surface area (TPSA) is 82.8 Å². The minimum atomic E-state index is -0.336. The molecule has 108 valence electrons. The first-order valence-corrected chi connectivity index (χ1v) is 6.16. The number of amides is 1. The maximum absolute atomic E-state index is 12.3. The molecule has 0 spiro atoms. The van der Waals surface area contributed by atoms with E-state index >= 15 is 0 Å². The summed E-state index contributed by atoms with van der Waals surface area (Å²) in [5.41, 5.74) is 0.180. The summed E-state index contributed by atoms with van der Waals surface area (Å²) in [5, 5.41) is 18.5. The Morgan fingerprint density at radius 3 is 2.70 bits per heavy atom. The third-order valence-corrected chi connectivity index (χ3v) is 2.78. The van der Waals surface area contributed by atoms with Gasteiger partial charge in [-0.05, 0) is 12.1 Å². The van der Waals surface area contributed by atoms with Gasteiger partial charge in [0.05, 0.1) is 31.8 Å². The number of methoxy groups -OCH3 is 2. The van der Waals surface area contributed by atoms with Crippen molar-refractivity contribution in [2.75, 3.05) is 33.9 Å². The molecule has 0 bridgehead atoms. The summed E-state index contributed by atoms with van der Waals surface area (Å²) in [6, 6.07) is 6.48. The molecular formula is C14H18N2O4. The number of carbonyl (C=O) groups excluding carboxylic acids is 1. The molecule has 0 atom stereocenters. The Hall–Kier alpha value is -2.26. The van der Waals surface area contributed by atoms with E-state index in [4.69, 9.17) is 14.7 Å². The van der Waals surface area contributed by atoms with Crippen LogP contribution in [-0.4, -0.2) is 49.8 Å². The maximum Gasteiger partial charge on any atom is 0.257 e. The Kier molecular flexibility index (Phi) is 6.33. The summed E-state index contributed by atoms with van der Waals surface area (Å²) >= 11 is 0. The van der Waals surface area contributed by atoms with Crippen LogP contribution in [0.4, 0.5) is 0 Å². The number of nitrogens with zero attached hydrogens (tertiary/aromatic N) is 2. The minimum Gasteiger partial charge on any atom is -0.507 e. The van der Waals surface area contributed by atoms with E-state index in [0.717, 1.165) is 0 Å². The third-order valence-electron chi connectivity index (χ3n) is 2.78. The number of aromatic hydroxyl groups is 1. The first-order valence-electron chi connectivity index (χ1n) is 6.16. The minimum absolute atomic E-state index is 0.145. The number of ether oxygens (including phenoxy) is 2. The van der Waals surface area contributed by atoms with Gasteiger partial charge in [-0.25, -0.2) is 0 Å². The van der Waals surface area contributed by atoms with Gasteiger partial charge in [0.15, 0.2) is 0 Å². The van der Waals surface area contributed by atoms with E-state index in [1.807, 2.05) is 6.07 Å². The Morgan fingerprint density at radius 2 is 2.15 bits per heavy atom. The first kappa shape index (κ1) is 15.8. The molecule has 0 radical (unpaired) electrons. The molecule has 0 saturated carbocycles. The van der Waals surface area contributed by atoms with Crippen molar-refractivity contribution in [1.29, 1.82) is 5.26 Å². The number of rotatable bonds is 7. The van der Waals surface area contributed by atoms with Crippen molar-refractivity contribution >= 4 is 5.91 Å². The molecule has 0 aliphatic heterocycles. The van der Waals surface area contributed by atoms with E-state index in [1.165, 1.54) is 31.3 Å². The summed E-state index contributed by atoms with van der Waals surface area (Å²) in [6.07, 6.45) is 0.229. The van der Waals surface area contributed by atoms with Gasteiger partial charge < -0.3 is 19.5 Å². The molecule has 0 saturated heterocycles. The molecule has 0 fully saturated rings. The van der Waals surface area contributed by atoms with Crippen LogP contribution in [0.3, 0.4) is 0 Å². The van der Waals surface area contributed by atoms with Gasteiger partial charge in [-0.3, -0.25) is 4.79 Å². The molecular weight excluding hydrogens is 260 g/mol. The largest absolute Gasteiger partial charge is 0.507 e. The van der Waals surface area contributed by atoms with Gasteiger partial charge in [-0.15, -0.1) is 0 Å². The second kappa shape index (κ2) is 8.02. The van der Waals surface area contributed by atoms with Gasteiger partial charge in [0.2, 0.25) is 0 Å². The molecule has 0 aliphatic carbocycles. The lowest BCUT2D eigenvalue weighted by Crippen LogP contribution is -2.34. The smallest absolute Gasteiger partial charge is 0.257 e. The van der Waals surface area contributed by atoms with Crippen molar-refractivity contribution in [2.45, 2.75) is 6.42 Å². The van der Waals surface area contributed by atoms with Crippen LogP contribution in [0.5, 0.6) is 11.5 Å². The average Bonchev–Trinajstić information content (AvgIpc) is 2.46. The van der Waals surface area contributed by atoms with Crippen LogP contribution in [0.2, 0.25) is 0 Å². The highest BCUT2D eigenvalue weighted by atomic mass is 16.5. The lowest BCUT2D eigenvalue weighted by molar-refractivity contribution is 0.0697. The van der Waals surface area contributed by atoms with Crippen molar-refractivity contribution in [2.24, 2.45) is 0 Å². The van der Waals surface area contributed by atoms with Crippen LogP contribution in [0.1, 0.15) is 16.8 Å². The van der Waals surface area contributed by atoms with Crippen molar-refractivity contribution in [1.82, 2.24) is 4.90 Å². The van der Waals surface area contributed by atoms with Gasteiger partial charge in [0.1, 0.15) is 11.5 Å². The Bertz CT molecular complexity index is 496. The predicted octanol–water partition coefficient (Wildman–Crippen LogP) is 1.40. The number of phenols is 1. The fraction of sp³-hybridized carbons (Fsp3) is 0.429. The lowest BCUT2D eigenvalue weighted by atomic mass is 10.1. The van der Waals surface area contributed by atoms with E-state index in [1.54, 1.807) is 6.07 Å². The zero-order valence-corrected chi connectivity index (χ0v) is 11.6. The van der Waals surface area contributed by atoms with Crippen LogP contribution in [0.15, 0.2) is 18.2 Å². The number of carbonyl (C=O) groups is 1. The zero-order valence-electron chi connectivity index (χ0n) is 11.6. The summed E-state index contributed by atoms with van der Waals surface area (Å²) < 4.78 is 9.92. The standard InChI is InChI=1S/C14H18N2O4/c1-19-9-8-16(7-3-6-15)14(18)12-5-4-11(20-2)10-13(12)17/h4-5,10,17H,3,7-9H2,1-2H3. The van der Waals surface area contributed by atoms with Crippen LogP contribution < -0.4 is 4.74 Å². The summed E-state index contributed by atoms with van der Waals surface area (Å²) in [4.78, 5) is 13.8. The van der Waals surface area contributed by atoms with E-state index in [0.29, 0.717) is 25.4 Å². The van der Waals surface area contributed by atoms with Crippen LogP contribution in [0.25, 0.3) is 0 Å².